The van der Waals surface area contributed by atoms with E-state index in [1.807, 2.05) is 12.1 Å². The summed E-state index contributed by atoms with van der Waals surface area (Å²) in [5, 5.41) is 2.49. The van der Waals surface area contributed by atoms with Crippen LogP contribution in [0.25, 0.3) is 11.8 Å². The predicted molar refractivity (Wildman–Crippen MR) is 38.3 cm³/mol. The number of fused-ring (bicyclic) bond motifs is 1. The molecule has 0 unspecified atom stereocenters. The lowest BCUT2D eigenvalue weighted by Gasteiger charge is -1.83. The molecule has 0 heterocycles. The normalized spacial score (nSPS) is 10.7. The summed E-state index contributed by atoms with van der Waals surface area (Å²) in [6.07, 6.45) is 1.85. The quantitative estimate of drug-likeness (QED) is 0.503. The van der Waals surface area contributed by atoms with Crippen LogP contribution in [0.1, 0.15) is 5.56 Å². The van der Waals surface area contributed by atoms with Crippen molar-refractivity contribution < 1.29 is 0 Å². The van der Waals surface area contributed by atoms with Crippen molar-refractivity contribution >= 4 is 11.8 Å². The number of benzene rings is 1. The Morgan fingerprint density at radius 1 is 1.33 bits per heavy atom. The second-order valence-corrected chi connectivity index (χ2v) is 2.13. The lowest BCUT2D eigenvalue weighted by molar-refractivity contribution is 1.60. The molecule has 2 rings (SSSR count). The SMILES string of the molecule is C=Cc1ccc2c(c1)=C=2. The van der Waals surface area contributed by atoms with Crippen molar-refractivity contribution in [1.82, 2.24) is 0 Å². The van der Waals surface area contributed by atoms with Crippen LogP contribution in [-0.2, 0) is 0 Å². The Hall–Kier alpha value is -1.26. The van der Waals surface area contributed by atoms with Gasteiger partial charge in [-0.3, -0.25) is 0 Å². The van der Waals surface area contributed by atoms with E-state index in [4.69, 9.17) is 0 Å². The molecule has 0 spiro atoms. The van der Waals surface area contributed by atoms with Crippen LogP contribution in [0.2, 0.25) is 0 Å². The second kappa shape index (κ2) is 1.37. The first-order chi connectivity index (χ1) is 4.40. The summed E-state index contributed by atoms with van der Waals surface area (Å²) in [7, 11) is 0. The van der Waals surface area contributed by atoms with Crippen molar-refractivity contribution in [2.75, 3.05) is 0 Å². The largest absolute Gasteiger partial charge is 0.102 e. The highest BCUT2D eigenvalue weighted by Gasteiger charge is 1.93. The Kier molecular flexibility index (Phi) is 0.700. The first-order valence-electron chi connectivity index (χ1n) is 2.93. The maximum absolute atomic E-state index is 3.67. The molecule has 0 N–H and O–H groups in total. The molecule has 0 aromatic heterocycles. The van der Waals surface area contributed by atoms with Crippen LogP contribution in [-0.4, -0.2) is 0 Å². The Bertz CT molecular complexity index is 379. The zero-order valence-corrected chi connectivity index (χ0v) is 5.02. The molecule has 1 aliphatic rings. The Morgan fingerprint density at radius 2 is 2.22 bits per heavy atom. The van der Waals surface area contributed by atoms with Crippen LogP contribution in [0.15, 0.2) is 24.8 Å². The van der Waals surface area contributed by atoms with Gasteiger partial charge in [0.1, 0.15) is 0 Å². The monoisotopic (exact) mass is 114 g/mol. The van der Waals surface area contributed by atoms with Gasteiger partial charge < -0.3 is 0 Å². The van der Waals surface area contributed by atoms with E-state index in [2.05, 4.69) is 24.4 Å². The lowest BCUT2D eigenvalue weighted by atomic mass is 10.2. The number of hydrogen-bond donors (Lipinski definition) is 0. The van der Waals surface area contributed by atoms with Crippen molar-refractivity contribution in [3.05, 3.63) is 40.8 Å². The van der Waals surface area contributed by atoms with Crippen LogP contribution < -0.4 is 10.4 Å². The molecule has 0 aliphatic heterocycles. The Balaban J connectivity index is 2.71. The minimum absolute atomic E-state index is 1.18. The van der Waals surface area contributed by atoms with Gasteiger partial charge in [0.15, 0.2) is 0 Å². The minimum Gasteiger partial charge on any atom is -0.102 e. The van der Waals surface area contributed by atoms with E-state index in [0.29, 0.717) is 0 Å². The van der Waals surface area contributed by atoms with Gasteiger partial charge in [0, 0.05) is 10.4 Å². The van der Waals surface area contributed by atoms with Gasteiger partial charge in [-0.05, 0) is 17.7 Å². The molecule has 42 valence electrons. The van der Waals surface area contributed by atoms with Gasteiger partial charge in [-0.2, -0.15) is 0 Å². The van der Waals surface area contributed by atoms with E-state index < -0.39 is 0 Å². The van der Waals surface area contributed by atoms with Crippen LogP contribution in [0.4, 0.5) is 0 Å². The summed E-state index contributed by atoms with van der Waals surface area (Å²) in [4.78, 5) is 0. The van der Waals surface area contributed by atoms with Crippen molar-refractivity contribution in [2.24, 2.45) is 0 Å². The molecule has 0 radical (unpaired) electrons. The molecule has 0 heteroatoms. The molecule has 9 heavy (non-hydrogen) atoms. The Labute approximate surface area is 53.5 Å². The van der Waals surface area contributed by atoms with Gasteiger partial charge in [-0.1, -0.05) is 18.7 Å². The molecular formula is C9H6. The molecule has 0 fully saturated rings. The zero-order chi connectivity index (χ0) is 6.27. The second-order valence-electron chi connectivity index (χ2n) is 2.13. The van der Waals surface area contributed by atoms with Crippen molar-refractivity contribution in [3.63, 3.8) is 0 Å². The third-order valence-corrected chi connectivity index (χ3v) is 1.49. The highest BCUT2D eigenvalue weighted by atomic mass is 14.0. The van der Waals surface area contributed by atoms with Gasteiger partial charge >= 0.3 is 0 Å². The smallest absolute Gasteiger partial charge is 0.0327 e. The third-order valence-electron chi connectivity index (χ3n) is 1.49. The summed E-state index contributed by atoms with van der Waals surface area (Å²) < 4.78 is 0. The molecule has 0 nitrogen and oxygen atoms in total. The number of hydrogen-bond acceptors (Lipinski definition) is 0. The van der Waals surface area contributed by atoms with E-state index >= 15 is 0 Å². The fourth-order valence-corrected chi connectivity index (χ4v) is 0.880. The van der Waals surface area contributed by atoms with Crippen LogP contribution in [0.3, 0.4) is 0 Å². The van der Waals surface area contributed by atoms with Gasteiger partial charge in [0.25, 0.3) is 0 Å². The van der Waals surface area contributed by atoms with E-state index in [1.165, 1.54) is 16.0 Å². The summed E-state index contributed by atoms with van der Waals surface area (Å²) in [5.41, 5.74) is 4.30. The lowest BCUT2D eigenvalue weighted by Crippen LogP contribution is -2.05. The zero-order valence-electron chi connectivity index (χ0n) is 5.02. The minimum atomic E-state index is 1.18. The maximum atomic E-state index is 3.67. The molecule has 1 aromatic carbocycles. The van der Waals surface area contributed by atoms with Crippen molar-refractivity contribution in [3.8, 4) is 0 Å². The highest BCUT2D eigenvalue weighted by Crippen LogP contribution is 1.93. The van der Waals surface area contributed by atoms with Crippen LogP contribution in [0.5, 0.6) is 0 Å². The molecule has 0 bridgehead atoms. The molecule has 0 amide bonds. The average Bonchev–Trinajstić information content (AvgIpc) is 2.64. The highest BCUT2D eigenvalue weighted by molar-refractivity contribution is 5.51. The fourth-order valence-electron chi connectivity index (χ4n) is 0.880. The Morgan fingerprint density at radius 3 is 2.89 bits per heavy atom. The topological polar surface area (TPSA) is 0 Å². The van der Waals surface area contributed by atoms with E-state index in [0.717, 1.165) is 0 Å². The maximum Gasteiger partial charge on any atom is 0.0327 e. The van der Waals surface area contributed by atoms with Gasteiger partial charge in [0.2, 0.25) is 0 Å². The molecule has 1 aromatic rings. The molecule has 1 aliphatic carbocycles. The summed E-state index contributed by atoms with van der Waals surface area (Å²) in [6, 6.07) is 6.19. The van der Waals surface area contributed by atoms with Gasteiger partial charge in [0.05, 0.1) is 0 Å². The first kappa shape index (κ1) is 4.60. The van der Waals surface area contributed by atoms with Crippen LogP contribution in [0, 0.1) is 0 Å². The first-order valence-corrected chi connectivity index (χ1v) is 2.93. The van der Waals surface area contributed by atoms with Crippen molar-refractivity contribution in [1.29, 1.82) is 0 Å². The third kappa shape index (κ3) is 0.611. The summed E-state index contributed by atoms with van der Waals surface area (Å²) in [6.45, 7) is 3.67. The molecule has 0 atom stereocenters. The number of rotatable bonds is 1. The van der Waals surface area contributed by atoms with E-state index in [9.17, 15) is 0 Å². The predicted octanol–water partition coefficient (Wildman–Crippen LogP) is 0.394. The summed E-state index contributed by atoms with van der Waals surface area (Å²) in [5.74, 6) is 0. The van der Waals surface area contributed by atoms with Crippen LogP contribution >= 0.6 is 0 Å². The fraction of sp³-hybridized carbons (Fsp3) is 0. The molecular weight excluding hydrogens is 108 g/mol. The summed E-state index contributed by atoms with van der Waals surface area (Å²) >= 11 is 0. The van der Waals surface area contributed by atoms with Gasteiger partial charge in [-0.15, -0.1) is 5.73 Å². The average molecular weight is 114 g/mol. The molecule has 0 saturated heterocycles. The van der Waals surface area contributed by atoms with E-state index in [-0.39, 0.29) is 0 Å². The van der Waals surface area contributed by atoms with Gasteiger partial charge in [-0.25, -0.2) is 0 Å². The van der Waals surface area contributed by atoms with E-state index in [1.54, 1.807) is 0 Å². The van der Waals surface area contributed by atoms with Crippen molar-refractivity contribution in [2.45, 2.75) is 0 Å². The standard InChI is InChI=1S/C9H6/c1-2-7-3-4-8-6-9(8)5-7/h2-5H,1H2. The molecule has 0 saturated carbocycles.